The molecule has 0 saturated heterocycles. The van der Waals surface area contributed by atoms with Gasteiger partial charge in [-0.3, -0.25) is 4.79 Å². The van der Waals surface area contributed by atoms with E-state index in [0.717, 1.165) is 17.7 Å². The maximum absolute atomic E-state index is 12.0. The number of hydrogen-bond acceptors (Lipinski definition) is 3. The lowest BCUT2D eigenvalue weighted by atomic mass is 10.0. The van der Waals surface area contributed by atoms with Gasteiger partial charge in [-0.25, -0.2) is 0 Å². The lowest BCUT2D eigenvalue weighted by molar-refractivity contribution is -0.123. The van der Waals surface area contributed by atoms with Gasteiger partial charge in [0.2, 0.25) is 0 Å². The van der Waals surface area contributed by atoms with E-state index in [9.17, 15) is 4.79 Å². The summed E-state index contributed by atoms with van der Waals surface area (Å²) in [5.41, 5.74) is 1.05. The van der Waals surface area contributed by atoms with Crippen LogP contribution >= 0.6 is 0 Å². The van der Waals surface area contributed by atoms with Gasteiger partial charge in [0.25, 0.3) is 5.91 Å². The van der Waals surface area contributed by atoms with E-state index in [4.69, 9.17) is 9.47 Å². The number of rotatable bonds is 7. The molecule has 0 aromatic heterocycles. The van der Waals surface area contributed by atoms with E-state index in [0.29, 0.717) is 5.75 Å². The molecule has 0 bridgehead atoms. The van der Waals surface area contributed by atoms with Crippen molar-refractivity contribution in [3.63, 3.8) is 0 Å². The zero-order chi connectivity index (χ0) is 15.8. The Bertz CT molecular complexity index is 581. The molecule has 0 spiro atoms. The molecule has 1 N–H and O–H groups in total. The van der Waals surface area contributed by atoms with Gasteiger partial charge < -0.3 is 14.8 Å². The van der Waals surface area contributed by atoms with Gasteiger partial charge in [0.05, 0.1) is 13.2 Å². The van der Waals surface area contributed by atoms with Gasteiger partial charge in [-0.1, -0.05) is 37.3 Å². The Morgan fingerprint density at radius 1 is 1.05 bits per heavy atom. The Morgan fingerprint density at radius 3 is 2.32 bits per heavy atom. The maximum atomic E-state index is 12.0. The highest BCUT2D eigenvalue weighted by molar-refractivity contribution is 5.78. The van der Waals surface area contributed by atoms with Crippen molar-refractivity contribution in [3.05, 3.63) is 60.2 Å². The first kappa shape index (κ1) is 15.9. The molecule has 0 aliphatic carbocycles. The van der Waals surface area contributed by atoms with Gasteiger partial charge in [-0.15, -0.1) is 0 Å². The molecule has 22 heavy (non-hydrogen) atoms. The summed E-state index contributed by atoms with van der Waals surface area (Å²) in [6, 6.07) is 17.0. The summed E-state index contributed by atoms with van der Waals surface area (Å²) in [5.74, 6) is 1.36. The molecule has 116 valence electrons. The van der Waals surface area contributed by atoms with E-state index in [1.807, 2.05) is 61.5 Å². The molecule has 4 nitrogen and oxygen atoms in total. The minimum absolute atomic E-state index is 0.0106. The summed E-state index contributed by atoms with van der Waals surface area (Å²) in [5, 5.41) is 2.99. The number of methoxy groups -OCH3 is 1. The van der Waals surface area contributed by atoms with Crippen molar-refractivity contribution >= 4 is 5.91 Å². The fourth-order valence-electron chi connectivity index (χ4n) is 2.16. The Balaban J connectivity index is 1.90. The van der Waals surface area contributed by atoms with Crippen LogP contribution in [0.15, 0.2) is 54.6 Å². The fourth-order valence-corrected chi connectivity index (χ4v) is 2.16. The van der Waals surface area contributed by atoms with E-state index in [1.54, 1.807) is 7.11 Å². The average Bonchev–Trinajstić information content (AvgIpc) is 2.59. The van der Waals surface area contributed by atoms with E-state index in [1.165, 1.54) is 0 Å². The fraction of sp³-hybridized carbons (Fsp3) is 0.278. The van der Waals surface area contributed by atoms with Gasteiger partial charge in [-0.2, -0.15) is 0 Å². The number of benzene rings is 2. The molecule has 0 fully saturated rings. The third kappa shape index (κ3) is 4.52. The molecule has 0 unspecified atom stereocenters. The van der Waals surface area contributed by atoms with Crippen molar-refractivity contribution in [2.45, 2.75) is 19.4 Å². The quantitative estimate of drug-likeness (QED) is 0.853. The summed E-state index contributed by atoms with van der Waals surface area (Å²) >= 11 is 0. The topological polar surface area (TPSA) is 47.6 Å². The third-order valence-corrected chi connectivity index (χ3v) is 3.37. The number of carbonyl (C=O) groups is 1. The van der Waals surface area contributed by atoms with Crippen LogP contribution in [0, 0.1) is 0 Å². The summed E-state index contributed by atoms with van der Waals surface area (Å²) in [7, 11) is 1.63. The van der Waals surface area contributed by atoms with Gasteiger partial charge in [-0.05, 0) is 36.2 Å². The van der Waals surface area contributed by atoms with Crippen molar-refractivity contribution in [1.82, 2.24) is 5.32 Å². The Kier molecular flexibility index (Phi) is 5.83. The first-order chi connectivity index (χ1) is 10.7. The zero-order valence-electron chi connectivity index (χ0n) is 12.9. The van der Waals surface area contributed by atoms with Crippen LogP contribution in [0.4, 0.5) is 0 Å². The predicted molar refractivity (Wildman–Crippen MR) is 86.1 cm³/mol. The lowest BCUT2D eigenvalue weighted by Gasteiger charge is -2.18. The van der Waals surface area contributed by atoms with Gasteiger partial charge in [0, 0.05) is 0 Å². The molecule has 1 atom stereocenters. The Labute approximate surface area is 131 Å². The first-order valence-electron chi connectivity index (χ1n) is 7.34. The van der Waals surface area contributed by atoms with E-state index < -0.39 is 0 Å². The molecule has 2 rings (SSSR count). The van der Waals surface area contributed by atoms with Crippen LogP contribution in [0.25, 0.3) is 0 Å². The molecule has 2 aromatic rings. The lowest BCUT2D eigenvalue weighted by Crippen LogP contribution is -2.32. The number of para-hydroxylation sites is 1. The number of amides is 1. The molecular weight excluding hydrogens is 278 g/mol. The summed E-state index contributed by atoms with van der Waals surface area (Å²) < 4.78 is 10.6. The molecule has 0 aliphatic heterocycles. The minimum atomic E-state index is -0.133. The highest BCUT2D eigenvalue weighted by Gasteiger charge is 2.13. The summed E-state index contributed by atoms with van der Waals surface area (Å²) in [4.78, 5) is 12.0. The predicted octanol–water partition coefficient (Wildman–Crippen LogP) is 3.34. The van der Waals surface area contributed by atoms with Crippen LogP contribution in [-0.2, 0) is 4.79 Å². The van der Waals surface area contributed by atoms with Crippen LogP contribution in [0.3, 0.4) is 0 Å². The molecule has 0 radical (unpaired) electrons. The van der Waals surface area contributed by atoms with E-state index >= 15 is 0 Å². The number of nitrogens with one attached hydrogen (secondary N) is 1. The van der Waals surface area contributed by atoms with Crippen LogP contribution < -0.4 is 14.8 Å². The second-order valence-corrected chi connectivity index (χ2v) is 4.90. The SMILES string of the molecule is CC[C@@H](NC(=O)COc1ccccc1)c1ccc(OC)cc1. The van der Waals surface area contributed by atoms with E-state index in [-0.39, 0.29) is 18.6 Å². The van der Waals surface area contributed by atoms with Crippen molar-refractivity contribution in [2.24, 2.45) is 0 Å². The highest BCUT2D eigenvalue weighted by atomic mass is 16.5. The van der Waals surface area contributed by atoms with Crippen LogP contribution in [0.2, 0.25) is 0 Å². The average molecular weight is 299 g/mol. The third-order valence-electron chi connectivity index (χ3n) is 3.37. The van der Waals surface area contributed by atoms with Crippen molar-refractivity contribution < 1.29 is 14.3 Å². The molecule has 0 aliphatic rings. The van der Waals surface area contributed by atoms with Crippen molar-refractivity contribution in [2.75, 3.05) is 13.7 Å². The molecule has 1 amide bonds. The first-order valence-corrected chi connectivity index (χ1v) is 7.34. The zero-order valence-corrected chi connectivity index (χ0v) is 12.9. The molecule has 4 heteroatoms. The van der Waals surface area contributed by atoms with Crippen LogP contribution in [-0.4, -0.2) is 19.6 Å². The maximum Gasteiger partial charge on any atom is 0.258 e. The second kappa shape index (κ2) is 8.08. The Hall–Kier alpha value is -2.49. The monoisotopic (exact) mass is 299 g/mol. The number of hydrogen-bond donors (Lipinski definition) is 1. The molecule has 2 aromatic carbocycles. The molecule has 0 heterocycles. The summed E-state index contributed by atoms with van der Waals surface area (Å²) in [6.07, 6.45) is 0.809. The smallest absolute Gasteiger partial charge is 0.258 e. The highest BCUT2D eigenvalue weighted by Crippen LogP contribution is 2.20. The van der Waals surface area contributed by atoms with E-state index in [2.05, 4.69) is 5.32 Å². The molecular formula is C18H21NO3. The largest absolute Gasteiger partial charge is 0.497 e. The second-order valence-electron chi connectivity index (χ2n) is 4.90. The van der Waals surface area contributed by atoms with Crippen molar-refractivity contribution in [3.8, 4) is 11.5 Å². The normalized spacial score (nSPS) is 11.5. The van der Waals surface area contributed by atoms with Gasteiger partial charge in [0.1, 0.15) is 11.5 Å². The van der Waals surface area contributed by atoms with Gasteiger partial charge >= 0.3 is 0 Å². The van der Waals surface area contributed by atoms with Gasteiger partial charge in [0.15, 0.2) is 6.61 Å². The van der Waals surface area contributed by atoms with Crippen LogP contribution in [0.5, 0.6) is 11.5 Å². The minimum Gasteiger partial charge on any atom is -0.497 e. The summed E-state index contributed by atoms with van der Waals surface area (Å²) in [6.45, 7) is 2.05. The molecule has 0 saturated carbocycles. The van der Waals surface area contributed by atoms with Crippen LogP contribution in [0.1, 0.15) is 24.9 Å². The number of ether oxygens (including phenoxy) is 2. The van der Waals surface area contributed by atoms with Crippen molar-refractivity contribution in [1.29, 1.82) is 0 Å². The Morgan fingerprint density at radius 2 is 1.73 bits per heavy atom. The number of carbonyl (C=O) groups excluding carboxylic acids is 1. The standard InChI is InChI=1S/C18H21NO3/c1-3-17(14-9-11-15(21-2)12-10-14)19-18(20)13-22-16-7-5-4-6-8-16/h4-12,17H,3,13H2,1-2H3,(H,19,20)/t17-/m1/s1.